The first-order chi connectivity index (χ1) is 10.6. The van der Waals surface area contributed by atoms with Crippen molar-refractivity contribution < 1.29 is 9.90 Å². The van der Waals surface area contributed by atoms with Gasteiger partial charge >= 0.3 is 0 Å². The minimum absolute atomic E-state index is 0.337. The number of nitrogens with zero attached hydrogens (tertiary/aromatic N) is 2. The normalized spacial score (nSPS) is 10.6. The second-order valence-corrected chi connectivity index (χ2v) is 4.78. The summed E-state index contributed by atoms with van der Waals surface area (Å²) in [6.45, 7) is 0. The Morgan fingerprint density at radius 1 is 1.18 bits per heavy atom. The highest BCUT2D eigenvalue weighted by molar-refractivity contribution is 6.08. The first-order valence-corrected chi connectivity index (χ1v) is 6.59. The molecule has 0 atom stereocenters. The average Bonchev–Trinajstić information content (AvgIpc) is 2.54. The second kappa shape index (κ2) is 5.33. The van der Waals surface area contributed by atoms with Crippen LogP contribution in [0.2, 0.25) is 0 Å². The van der Waals surface area contributed by atoms with Crippen molar-refractivity contribution >= 4 is 22.5 Å². The molecular formula is C16H12N3O3-. The largest absolute Gasteiger partial charge is 0.871 e. The van der Waals surface area contributed by atoms with Crippen LogP contribution in [0.4, 0.5) is 5.69 Å². The molecule has 110 valence electrons. The minimum atomic E-state index is -0.720. The van der Waals surface area contributed by atoms with Gasteiger partial charge in [-0.3, -0.25) is 14.6 Å². The molecule has 6 nitrogen and oxygen atoms in total. The molecule has 2 aromatic heterocycles. The molecule has 0 spiro atoms. The number of benzene rings is 1. The van der Waals surface area contributed by atoms with Gasteiger partial charge in [0.2, 0.25) is 0 Å². The molecule has 22 heavy (non-hydrogen) atoms. The first-order valence-electron chi connectivity index (χ1n) is 6.59. The summed E-state index contributed by atoms with van der Waals surface area (Å²) < 4.78 is 1.30. The SMILES string of the molecule is Cn1c(=O)c(C(=O)Nc2ccncc2)c([O-])c2ccccc21. The smallest absolute Gasteiger partial charge is 0.263 e. The number of para-hydroxylation sites is 1. The number of pyridine rings is 2. The molecular weight excluding hydrogens is 282 g/mol. The van der Waals surface area contributed by atoms with Gasteiger partial charge in [0.15, 0.2) is 0 Å². The van der Waals surface area contributed by atoms with Crippen molar-refractivity contribution in [2.45, 2.75) is 0 Å². The summed E-state index contributed by atoms with van der Waals surface area (Å²) in [5, 5.41) is 15.3. The Hall–Kier alpha value is -3.15. The van der Waals surface area contributed by atoms with E-state index in [2.05, 4.69) is 10.3 Å². The summed E-state index contributed by atoms with van der Waals surface area (Å²) in [6.07, 6.45) is 3.01. The maximum absolute atomic E-state index is 12.4. The van der Waals surface area contributed by atoms with Crippen molar-refractivity contribution in [3.05, 3.63) is 64.7 Å². The summed E-state index contributed by atoms with van der Waals surface area (Å²) in [7, 11) is 1.54. The predicted octanol–water partition coefficient (Wildman–Crippen LogP) is 1.26. The lowest BCUT2D eigenvalue weighted by atomic mass is 10.1. The number of fused-ring (bicyclic) bond motifs is 1. The fourth-order valence-electron chi connectivity index (χ4n) is 2.30. The molecule has 0 bridgehead atoms. The monoisotopic (exact) mass is 294 g/mol. The number of hydrogen-bond donors (Lipinski definition) is 1. The highest BCUT2D eigenvalue weighted by atomic mass is 16.3. The molecule has 3 rings (SSSR count). The molecule has 0 saturated heterocycles. The zero-order valence-electron chi connectivity index (χ0n) is 11.7. The maximum Gasteiger partial charge on any atom is 0.263 e. The summed E-state index contributed by atoms with van der Waals surface area (Å²) in [5.74, 6) is -1.28. The van der Waals surface area contributed by atoms with Crippen molar-refractivity contribution in [2.24, 2.45) is 7.05 Å². The number of carbonyl (C=O) groups is 1. The summed E-state index contributed by atoms with van der Waals surface area (Å²) in [5.41, 5.74) is -0.0409. The Morgan fingerprint density at radius 3 is 2.59 bits per heavy atom. The van der Waals surface area contributed by atoms with E-state index in [1.807, 2.05) is 0 Å². The molecule has 0 aliphatic carbocycles. The Kier molecular flexibility index (Phi) is 3.34. The minimum Gasteiger partial charge on any atom is -0.871 e. The third-order valence-corrected chi connectivity index (χ3v) is 3.42. The molecule has 3 aromatic rings. The van der Waals surface area contributed by atoms with E-state index in [9.17, 15) is 14.7 Å². The van der Waals surface area contributed by atoms with Crippen LogP contribution in [0.1, 0.15) is 10.4 Å². The number of amides is 1. The van der Waals surface area contributed by atoms with Crippen LogP contribution in [0.25, 0.3) is 10.9 Å². The standard InChI is InChI=1S/C16H13N3O3/c1-19-12-5-3-2-4-11(12)14(20)13(16(19)22)15(21)18-10-6-8-17-9-7-10/h2-9,20H,1H3,(H,17,18,21)/p-1. The zero-order chi connectivity index (χ0) is 15.7. The first kappa shape index (κ1) is 13.8. The van der Waals surface area contributed by atoms with E-state index in [0.29, 0.717) is 16.6 Å². The molecule has 0 saturated carbocycles. The van der Waals surface area contributed by atoms with Crippen LogP contribution in [0.3, 0.4) is 0 Å². The lowest BCUT2D eigenvalue weighted by molar-refractivity contribution is -0.266. The topological polar surface area (TPSA) is 87.0 Å². The number of anilines is 1. The average molecular weight is 294 g/mol. The highest BCUT2D eigenvalue weighted by Crippen LogP contribution is 2.23. The Balaban J connectivity index is 2.15. The fraction of sp³-hybridized carbons (Fsp3) is 0.0625. The van der Waals surface area contributed by atoms with E-state index in [1.165, 1.54) is 24.0 Å². The number of hydrogen-bond acceptors (Lipinski definition) is 4. The Bertz CT molecular complexity index is 917. The van der Waals surface area contributed by atoms with Crippen molar-refractivity contribution in [2.75, 3.05) is 5.32 Å². The molecule has 0 unspecified atom stereocenters. The summed E-state index contributed by atoms with van der Waals surface area (Å²) in [6, 6.07) is 9.85. The van der Waals surface area contributed by atoms with Gasteiger partial charge in [-0.2, -0.15) is 0 Å². The molecule has 0 aliphatic rings. The van der Waals surface area contributed by atoms with Crippen molar-refractivity contribution in [3.8, 4) is 5.75 Å². The molecule has 0 radical (unpaired) electrons. The van der Waals surface area contributed by atoms with Crippen molar-refractivity contribution in [1.82, 2.24) is 9.55 Å². The second-order valence-electron chi connectivity index (χ2n) is 4.78. The van der Waals surface area contributed by atoms with E-state index in [0.717, 1.165) is 0 Å². The fourth-order valence-corrected chi connectivity index (χ4v) is 2.30. The number of aromatic nitrogens is 2. The number of nitrogens with one attached hydrogen (secondary N) is 1. The van der Waals surface area contributed by atoms with Crippen molar-refractivity contribution in [1.29, 1.82) is 0 Å². The third-order valence-electron chi connectivity index (χ3n) is 3.42. The lowest BCUT2D eigenvalue weighted by Gasteiger charge is -2.18. The van der Waals surface area contributed by atoms with Gasteiger partial charge in [-0.25, -0.2) is 0 Å². The van der Waals surface area contributed by atoms with E-state index in [-0.39, 0.29) is 0 Å². The number of rotatable bonds is 2. The van der Waals surface area contributed by atoms with Gasteiger partial charge in [0.1, 0.15) is 0 Å². The van der Waals surface area contributed by atoms with Crippen LogP contribution in [0.15, 0.2) is 53.6 Å². The van der Waals surface area contributed by atoms with Crippen LogP contribution in [-0.2, 0) is 7.05 Å². The van der Waals surface area contributed by atoms with Crippen LogP contribution in [0, 0.1) is 0 Å². The van der Waals surface area contributed by atoms with Gasteiger partial charge in [0, 0.05) is 25.1 Å². The van der Waals surface area contributed by atoms with Gasteiger partial charge in [-0.1, -0.05) is 23.9 Å². The number of carbonyl (C=O) groups excluding carboxylic acids is 1. The summed E-state index contributed by atoms with van der Waals surface area (Å²) >= 11 is 0. The molecule has 1 aromatic carbocycles. The van der Waals surface area contributed by atoms with E-state index < -0.39 is 22.8 Å². The van der Waals surface area contributed by atoms with E-state index in [4.69, 9.17) is 0 Å². The maximum atomic E-state index is 12.4. The van der Waals surface area contributed by atoms with Crippen LogP contribution >= 0.6 is 0 Å². The summed E-state index contributed by atoms with van der Waals surface area (Å²) in [4.78, 5) is 28.5. The van der Waals surface area contributed by atoms with Gasteiger partial charge < -0.3 is 15.0 Å². The molecule has 0 fully saturated rings. The van der Waals surface area contributed by atoms with Gasteiger partial charge in [-0.15, -0.1) is 0 Å². The Morgan fingerprint density at radius 2 is 1.86 bits per heavy atom. The van der Waals surface area contributed by atoms with Crippen LogP contribution < -0.4 is 16.0 Å². The predicted molar refractivity (Wildman–Crippen MR) is 80.8 cm³/mol. The van der Waals surface area contributed by atoms with Crippen LogP contribution in [0.5, 0.6) is 5.75 Å². The van der Waals surface area contributed by atoms with Gasteiger partial charge in [-0.05, 0) is 23.6 Å². The van der Waals surface area contributed by atoms with Gasteiger partial charge in [0.05, 0.1) is 11.1 Å². The molecule has 1 amide bonds. The van der Waals surface area contributed by atoms with Crippen LogP contribution in [-0.4, -0.2) is 15.5 Å². The van der Waals surface area contributed by atoms with E-state index >= 15 is 0 Å². The highest BCUT2D eigenvalue weighted by Gasteiger charge is 2.16. The van der Waals surface area contributed by atoms with E-state index in [1.54, 1.807) is 36.4 Å². The lowest BCUT2D eigenvalue weighted by Crippen LogP contribution is -2.30. The molecule has 0 aliphatic heterocycles. The van der Waals surface area contributed by atoms with Crippen molar-refractivity contribution in [3.63, 3.8) is 0 Å². The Labute approximate surface area is 125 Å². The molecule has 6 heteroatoms. The zero-order valence-corrected chi connectivity index (χ0v) is 11.7. The molecule has 2 heterocycles. The quantitative estimate of drug-likeness (QED) is 0.770. The van der Waals surface area contributed by atoms with Gasteiger partial charge in [0.25, 0.3) is 11.5 Å². The molecule has 1 N–H and O–H groups in total. The number of aryl methyl sites for hydroxylation is 1. The third kappa shape index (κ3) is 2.20.